The predicted molar refractivity (Wildman–Crippen MR) is 85.0 cm³/mol. The molecule has 0 aliphatic carbocycles. The van der Waals surface area contributed by atoms with Gasteiger partial charge in [-0.25, -0.2) is 4.79 Å². The number of carbonyl (C=O) groups is 3. The molecule has 138 valence electrons. The summed E-state index contributed by atoms with van der Waals surface area (Å²) >= 11 is 0. The van der Waals surface area contributed by atoms with Crippen LogP contribution in [0.5, 0.6) is 0 Å². The fourth-order valence-corrected chi connectivity index (χ4v) is 1.90. The summed E-state index contributed by atoms with van der Waals surface area (Å²) in [6.07, 6.45) is -1.53. The molecular formula is C15H27N3O6. The Bertz CT molecular complexity index is 427. The van der Waals surface area contributed by atoms with Gasteiger partial charge in [0.25, 0.3) is 11.8 Å². The Kier molecular flexibility index (Phi) is 8.66. The lowest BCUT2D eigenvalue weighted by molar-refractivity contribution is -0.179. The van der Waals surface area contributed by atoms with Crippen LogP contribution in [0.2, 0.25) is 0 Å². The van der Waals surface area contributed by atoms with Crippen molar-refractivity contribution in [3.8, 4) is 0 Å². The monoisotopic (exact) mass is 345 g/mol. The van der Waals surface area contributed by atoms with Crippen LogP contribution in [-0.2, 0) is 23.9 Å². The lowest BCUT2D eigenvalue weighted by Gasteiger charge is -2.20. The zero-order valence-corrected chi connectivity index (χ0v) is 14.8. The molecule has 0 spiro atoms. The number of likely N-dealkylation sites (N-methyl/N-ethyl adjacent to an activating group) is 2. The molecule has 1 aliphatic heterocycles. The van der Waals surface area contributed by atoms with Gasteiger partial charge in [0.1, 0.15) is 6.10 Å². The lowest BCUT2D eigenvalue weighted by atomic mass is 10.4. The number of hydrogen-bond donors (Lipinski definition) is 0. The van der Waals surface area contributed by atoms with Crippen LogP contribution in [0.15, 0.2) is 0 Å². The smallest absolute Gasteiger partial charge is 0.427 e. The number of imide groups is 1. The van der Waals surface area contributed by atoms with Crippen LogP contribution >= 0.6 is 0 Å². The van der Waals surface area contributed by atoms with E-state index < -0.39 is 24.1 Å². The molecule has 9 nitrogen and oxygen atoms in total. The minimum atomic E-state index is -1.09. The van der Waals surface area contributed by atoms with Crippen LogP contribution in [-0.4, -0.2) is 92.9 Å². The van der Waals surface area contributed by atoms with Gasteiger partial charge in [0.2, 0.25) is 0 Å². The molecule has 1 saturated heterocycles. The van der Waals surface area contributed by atoms with Gasteiger partial charge < -0.3 is 19.3 Å². The Balaban J connectivity index is 2.13. The molecule has 0 aromatic heterocycles. The Hall–Kier alpha value is -1.71. The van der Waals surface area contributed by atoms with Gasteiger partial charge in [0.15, 0.2) is 0 Å². The van der Waals surface area contributed by atoms with Crippen molar-refractivity contribution in [2.45, 2.75) is 25.9 Å². The predicted octanol–water partition coefficient (Wildman–Crippen LogP) is 0.102. The van der Waals surface area contributed by atoms with E-state index in [4.69, 9.17) is 9.47 Å². The number of nitrogens with zero attached hydrogens (tertiary/aromatic N) is 3. The summed E-state index contributed by atoms with van der Waals surface area (Å²) in [5.74, 6) is -1.08. The minimum Gasteiger partial charge on any atom is -0.427 e. The van der Waals surface area contributed by atoms with Crippen LogP contribution in [0.1, 0.15) is 19.8 Å². The molecule has 0 N–H and O–H groups in total. The van der Waals surface area contributed by atoms with Gasteiger partial charge in [-0.3, -0.25) is 14.4 Å². The first kappa shape index (κ1) is 20.3. The first-order chi connectivity index (χ1) is 11.3. The van der Waals surface area contributed by atoms with E-state index in [1.807, 2.05) is 21.1 Å². The highest BCUT2D eigenvalue weighted by atomic mass is 16.8. The van der Waals surface area contributed by atoms with Crippen LogP contribution < -0.4 is 0 Å². The van der Waals surface area contributed by atoms with E-state index in [9.17, 15) is 14.4 Å². The Labute approximate surface area is 142 Å². The molecule has 24 heavy (non-hydrogen) atoms. The van der Waals surface area contributed by atoms with Gasteiger partial charge >= 0.3 is 6.16 Å². The van der Waals surface area contributed by atoms with Gasteiger partial charge in [0.05, 0.1) is 13.2 Å². The van der Waals surface area contributed by atoms with Crippen molar-refractivity contribution in [2.24, 2.45) is 0 Å². The van der Waals surface area contributed by atoms with Gasteiger partial charge in [-0.15, -0.1) is 0 Å². The van der Waals surface area contributed by atoms with Gasteiger partial charge in [0, 0.05) is 32.5 Å². The summed E-state index contributed by atoms with van der Waals surface area (Å²) in [6, 6.07) is 0. The van der Waals surface area contributed by atoms with Crippen molar-refractivity contribution in [1.29, 1.82) is 0 Å². The van der Waals surface area contributed by atoms with Crippen LogP contribution in [0.25, 0.3) is 0 Å². The Morgan fingerprint density at radius 1 is 1.12 bits per heavy atom. The molecule has 1 rings (SSSR count). The topological polar surface area (TPSA) is 88.6 Å². The molecule has 0 bridgehead atoms. The zero-order valence-electron chi connectivity index (χ0n) is 14.8. The second kappa shape index (κ2) is 10.2. The van der Waals surface area contributed by atoms with E-state index in [-0.39, 0.29) is 19.4 Å². The summed E-state index contributed by atoms with van der Waals surface area (Å²) in [6.45, 7) is 5.03. The third-order valence-electron chi connectivity index (χ3n) is 3.37. The molecule has 1 unspecified atom stereocenters. The van der Waals surface area contributed by atoms with Crippen molar-refractivity contribution in [3.63, 3.8) is 0 Å². The lowest BCUT2D eigenvalue weighted by Crippen LogP contribution is -2.34. The molecule has 0 radical (unpaired) electrons. The number of rotatable bonds is 10. The standard InChI is InChI=1S/C15H27N3O6/c1-12(11-22-10-9-17(4)8-7-16(2)3)23-15(21)24-18-13(19)5-6-14(18)20/h12H,5-11H2,1-4H3. The van der Waals surface area contributed by atoms with Crippen molar-refractivity contribution in [1.82, 2.24) is 14.9 Å². The second-order valence-corrected chi connectivity index (χ2v) is 6.03. The average molecular weight is 345 g/mol. The van der Waals surface area contributed by atoms with Gasteiger partial charge in [-0.05, 0) is 28.1 Å². The number of amides is 2. The molecular weight excluding hydrogens is 318 g/mol. The highest BCUT2D eigenvalue weighted by molar-refractivity contribution is 6.01. The van der Waals surface area contributed by atoms with Crippen LogP contribution in [0.4, 0.5) is 4.79 Å². The summed E-state index contributed by atoms with van der Waals surface area (Å²) in [7, 11) is 6.05. The first-order valence-corrected chi connectivity index (χ1v) is 7.95. The van der Waals surface area contributed by atoms with E-state index in [2.05, 4.69) is 14.6 Å². The molecule has 1 aliphatic rings. The summed E-state index contributed by atoms with van der Waals surface area (Å²) < 4.78 is 10.4. The largest absolute Gasteiger partial charge is 0.534 e. The molecule has 1 fully saturated rings. The van der Waals surface area contributed by atoms with Crippen molar-refractivity contribution in [2.75, 3.05) is 54.0 Å². The third kappa shape index (κ3) is 7.71. The van der Waals surface area contributed by atoms with E-state index >= 15 is 0 Å². The summed E-state index contributed by atoms with van der Waals surface area (Å²) in [4.78, 5) is 43.0. The van der Waals surface area contributed by atoms with Gasteiger partial charge in [-0.1, -0.05) is 5.06 Å². The normalized spacial score (nSPS) is 16.2. The van der Waals surface area contributed by atoms with Crippen molar-refractivity contribution >= 4 is 18.0 Å². The maximum absolute atomic E-state index is 11.5. The molecule has 0 saturated carbocycles. The highest BCUT2D eigenvalue weighted by Gasteiger charge is 2.33. The maximum Gasteiger partial charge on any atom is 0.534 e. The van der Waals surface area contributed by atoms with Crippen molar-refractivity contribution in [3.05, 3.63) is 0 Å². The number of hydrogen-bond acceptors (Lipinski definition) is 8. The molecule has 0 aromatic carbocycles. The molecule has 2 amide bonds. The molecule has 1 atom stereocenters. The van der Waals surface area contributed by atoms with Crippen molar-refractivity contribution < 1.29 is 28.7 Å². The van der Waals surface area contributed by atoms with Crippen LogP contribution in [0, 0.1) is 0 Å². The Morgan fingerprint density at radius 3 is 2.33 bits per heavy atom. The minimum absolute atomic E-state index is 0.0477. The molecule has 9 heteroatoms. The quantitative estimate of drug-likeness (QED) is 0.313. The number of hydroxylamine groups is 2. The average Bonchev–Trinajstić information content (AvgIpc) is 2.81. The molecule has 0 aromatic rings. The fraction of sp³-hybridized carbons (Fsp3) is 0.800. The fourth-order valence-electron chi connectivity index (χ4n) is 1.90. The zero-order chi connectivity index (χ0) is 18.1. The number of ether oxygens (including phenoxy) is 2. The summed E-state index contributed by atoms with van der Waals surface area (Å²) in [5.41, 5.74) is 0. The maximum atomic E-state index is 11.5. The SMILES string of the molecule is CC(COCCN(C)CCN(C)C)OC(=O)ON1C(=O)CCC1=O. The highest BCUT2D eigenvalue weighted by Crippen LogP contribution is 2.13. The van der Waals surface area contributed by atoms with E-state index in [0.29, 0.717) is 11.7 Å². The summed E-state index contributed by atoms with van der Waals surface area (Å²) in [5, 5.41) is 0.454. The third-order valence-corrected chi connectivity index (χ3v) is 3.37. The molecule has 1 heterocycles. The Morgan fingerprint density at radius 2 is 1.75 bits per heavy atom. The van der Waals surface area contributed by atoms with E-state index in [0.717, 1.165) is 19.6 Å². The van der Waals surface area contributed by atoms with Gasteiger partial charge in [-0.2, -0.15) is 0 Å². The van der Waals surface area contributed by atoms with E-state index in [1.54, 1.807) is 6.92 Å². The second-order valence-electron chi connectivity index (χ2n) is 6.03. The van der Waals surface area contributed by atoms with Crippen LogP contribution in [0.3, 0.4) is 0 Å². The first-order valence-electron chi connectivity index (χ1n) is 7.95. The number of carbonyl (C=O) groups excluding carboxylic acids is 3. The van der Waals surface area contributed by atoms with E-state index in [1.165, 1.54) is 0 Å².